The molecule has 1 heterocycles. The Bertz CT molecular complexity index is 496. The van der Waals surface area contributed by atoms with Crippen LogP contribution in [0.2, 0.25) is 0 Å². The van der Waals surface area contributed by atoms with Gasteiger partial charge in [0.2, 0.25) is 5.91 Å². The third kappa shape index (κ3) is 1.60. The molecule has 0 aliphatic carbocycles. The number of benzene rings is 1. The van der Waals surface area contributed by atoms with E-state index in [0.29, 0.717) is 5.56 Å². The fourth-order valence-corrected chi connectivity index (χ4v) is 2.01. The smallest absolute Gasteiger partial charge is 0.346 e. The second-order valence-electron chi connectivity index (χ2n) is 3.80. The predicted octanol–water partition coefficient (Wildman–Crippen LogP) is 0.343. The summed E-state index contributed by atoms with van der Waals surface area (Å²) < 4.78 is 0. The third-order valence-corrected chi connectivity index (χ3v) is 2.97. The van der Waals surface area contributed by atoms with E-state index in [1.165, 1.54) is 0 Å². The molecule has 5 heteroatoms. The first-order valence-corrected chi connectivity index (χ1v) is 5.28. The predicted molar refractivity (Wildman–Crippen MR) is 59.4 cm³/mol. The molecule has 1 N–H and O–H groups in total. The maximum Gasteiger partial charge on any atom is 0.346 e. The van der Waals surface area contributed by atoms with E-state index >= 15 is 0 Å². The lowest BCUT2D eigenvalue weighted by atomic mass is 9.76. The van der Waals surface area contributed by atoms with Gasteiger partial charge in [-0.25, -0.2) is 9.79 Å². The summed E-state index contributed by atoms with van der Waals surface area (Å²) in [6, 6.07) is 7.76. The van der Waals surface area contributed by atoms with E-state index in [1.54, 1.807) is 37.3 Å². The van der Waals surface area contributed by atoms with Crippen molar-refractivity contribution < 1.29 is 14.7 Å². The quantitative estimate of drug-likeness (QED) is 0.797. The van der Waals surface area contributed by atoms with Gasteiger partial charge in [0.05, 0.1) is 0 Å². The highest BCUT2D eigenvalue weighted by atomic mass is 16.3. The molecule has 1 aliphatic rings. The van der Waals surface area contributed by atoms with Crippen LogP contribution in [0.5, 0.6) is 0 Å². The highest BCUT2D eigenvalue weighted by molar-refractivity contribution is 6.19. The fraction of sp³-hybridized carbons (Fsp3) is 0.250. The van der Waals surface area contributed by atoms with Gasteiger partial charge in [-0.3, -0.25) is 10.1 Å². The zero-order valence-corrected chi connectivity index (χ0v) is 9.27. The number of nitrogens with zero attached hydrogens (tertiary/aromatic N) is 1. The molecular formula is C12H11N2O3-. The lowest BCUT2D eigenvalue weighted by Crippen LogP contribution is -2.59. The standard InChI is InChI=1S/C12H12N2O3/c1-2-12(8-6-4-3-5-7-8)9(15)13-11(17)14-10(12)16/h3-7H,2H2,1H3,(H2,13,14,15,16,17)/p-1. The SMILES string of the molecule is CCC1(c2ccccc2)C(=O)NC(=O)N=C1[O-]. The Labute approximate surface area is 98.2 Å². The molecule has 5 nitrogen and oxygen atoms in total. The Morgan fingerprint density at radius 2 is 1.94 bits per heavy atom. The van der Waals surface area contributed by atoms with Gasteiger partial charge in [-0.05, 0) is 17.9 Å². The van der Waals surface area contributed by atoms with Crippen molar-refractivity contribution in [1.29, 1.82) is 0 Å². The normalized spacial score (nSPS) is 24.2. The molecule has 1 aromatic rings. The Hall–Kier alpha value is -2.17. The maximum atomic E-state index is 12.0. The van der Waals surface area contributed by atoms with Crippen LogP contribution in [0.1, 0.15) is 18.9 Å². The van der Waals surface area contributed by atoms with Crippen LogP contribution in [0.4, 0.5) is 4.79 Å². The van der Waals surface area contributed by atoms with Crippen molar-refractivity contribution in [2.75, 3.05) is 0 Å². The second-order valence-corrected chi connectivity index (χ2v) is 3.80. The largest absolute Gasteiger partial charge is 0.861 e. The first kappa shape index (κ1) is 11.3. The van der Waals surface area contributed by atoms with E-state index in [-0.39, 0.29) is 6.42 Å². The lowest BCUT2D eigenvalue weighted by molar-refractivity contribution is -0.226. The Morgan fingerprint density at radius 3 is 2.47 bits per heavy atom. The molecule has 0 saturated carbocycles. The Balaban J connectivity index is 2.62. The highest BCUT2D eigenvalue weighted by Gasteiger charge is 2.42. The average Bonchev–Trinajstić information content (AvgIpc) is 2.30. The molecule has 2 rings (SSSR count). The van der Waals surface area contributed by atoms with Gasteiger partial charge < -0.3 is 5.11 Å². The number of carbonyl (C=O) groups excluding carboxylic acids is 2. The summed E-state index contributed by atoms with van der Waals surface area (Å²) in [6.45, 7) is 1.72. The summed E-state index contributed by atoms with van der Waals surface area (Å²) in [4.78, 5) is 26.3. The first-order chi connectivity index (χ1) is 8.11. The van der Waals surface area contributed by atoms with Crippen molar-refractivity contribution in [2.45, 2.75) is 18.8 Å². The highest BCUT2D eigenvalue weighted by Crippen LogP contribution is 2.30. The monoisotopic (exact) mass is 231 g/mol. The van der Waals surface area contributed by atoms with Crippen LogP contribution in [0.25, 0.3) is 0 Å². The van der Waals surface area contributed by atoms with E-state index in [4.69, 9.17) is 0 Å². The molecule has 0 aromatic heterocycles. The molecule has 3 amide bonds. The number of rotatable bonds is 2. The van der Waals surface area contributed by atoms with Crippen LogP contribution < -0.4 is 10.4 Å². The molecule has 88 valence electrons. The van der Waals surface area contributed by atoms with E-state index in [2.05, 4.69) is 10.3 Å². The number of urea groups is 1. The van der Waals surface area contributed by atoms with Gasteiger partial charge >= 0.3 is 6.03 Å². The van der Waals surface area contributed by atoms with Crippen LogP contribution in [-0.4, -0.2) is 17.8 Å². The van der Waals surface area contributed by atoms with Gasteiger partial charge in [0.15, 0.2) is 0 Å². The number of hydrogen-bond donors (Lipinski definition) is 1. The Kier molecular flexibility index (Phi) is 2.67. The van der Waals surface area contributed by atoms with Gasteiger partial charge in [-0.2, -0.15) is 0 Å². The van der Waals surface area contributed by atoms with Crippen molar-refractivity contribution in [3.63, 3.8) is 0 Å². The van der Waals surface area contributed by atoms with E-state index in [9.17, 15) is 14.7 Å². The van der Waals surface area contributed by atoms with Gasteiger partial charge in [-0.15, -0.1) is 0 Å². The van der Waals surface area contributed by atoms with Crippen molar-refractivity contribution >= 4 is 17.8 Å². The molecule has 0 saturated heterocycles. The molecule has 1 atom stereocenters. The average molecular weight is 231 g/mol. The maximum absolute atomic E-state index is 12.0. The molecule has 0 bridgehead atoms. The van der Waals surface area contributed by atoms with Gasteiger partial charge in [0, 0.05) is 0 Å². The summed E-state index contributed by atoms with van der Waals surface area (Å²) in [7, 11) is 0. The zero-order chi connectivity index (χ0) is 12.5. The minimum Gasteiger partial charge on any atom is -0.861 e. The molecular weight excluding hydrogens is 220 g/mol. The number of hydrogen-bond acceptors (Lipinski definition) is 3. The van der Waals surface area contributed by atoms with Gasteiger partial charge in [0.25, 0.3) is 0 Å². The van der Waals surface area contributed by atoms with Crippen molar-refractivity contribution in [2.24, 2.45) is 4.99 Å². The minimum atomic E-state index is -1.37. The van der Waals surface area contributed by atoms with Crippen molar-refractivity contribution in [3.8, 4) is 0 Å². The molecule has 1 unspecified atom stereocenters. The minimum absolute atomic E-state index is 0.262. The first-order valence-electron chi connectivity index (χ1n) is 5.28. The second kappa shape index (κ2) is 4.01. The van der Waals surface area contributed by atoms with Crippen molar-refractivity contribution in [1.82, 2.24) is 5.32 Å². The van der Waals surface area contributed by atoms with Crippen LogP contribution in [0, 0.1) is 0 Å². The number of imide groups is 1. The number of carbonyl (C=O) groups is 2. The fourth-order valence-electron chi connectivity index (χ4n) is 2.01. The van der Waals surface area contributed by atoms with Gasteiger partial charge in [0.1, 0.15) is 5.41 Å². The summed E-state index contributed by atoms with van der Waals surface area (Å²) in [5.74, 6) is -1.30. The molecule has 17 heavy (non-hydrogen) atoms. The molecule has 0 radical (unpaired) electrons. The summed E-state index contributed by atoms with van der Waals surface area (Å²) in [5, 5.41) is 14.0. The number of aliphatic imine (C=N–C) groups is 1. The van der Waals surface area contributed by atoms with Crippen LogP contribution in [0.3, 0.4) is 0 Å². The topological polar surface area (TPSA) is 81.6 Å². The Morgan fingerprint density at radius 1 is 1.29 bits per heavy atom. The molecule has 0 spiro atoms. The summed E-state index contributed by atoms with van der Waals surface area (Å²) in [5.41, 5.74) is -0.809. The number of nitrogens with one attached hydrogen (secondary N) is 1. The third-order valence-electron chi connectivity index (χ3n) is 2.97. The van der Waals surface area contributed by atoms with Crippen LogP contribution in [-0.2, 0) is 10.2 Å². The van der Waals surface area contributed by atoms with Crippen LogP contribution >= 0.6 is 0 Å². The van der Waals surface area contributed by atoms with Gasteiger partial charge in [-0.1, -0.05) is 37.3 Å². The summed E-state index contributed by atoms with van der Waals surface area (Å²) in [6.07, 6.45) is 0.262. The molecule has 1 aromatic carbocycles. The van der Waals surface area contributed by atoms with Crippen molar-refractivity contribution in [3.05, 3.63) is 35.9 Å². The van der Waals surface area contributed by atoms with E-state index < -0.39 is 23.3 Å². The lowest BCUT2D eigenvalue weighted by Gasteiger charge is -2.38. The molecule has 0 fully saturated rings. The van der Waals surface area contributed by atoms with E-state index in [1.807, 2.05) is 0 Å². The van der Waals surface area contributed by atoms with Crippen LogP contribution in [0.15, 0.2) is 35.3 Å². The summed E-state index contributed by atoms with van der Waals surface area (Å²) >= 11 is 0. The van der Waals surface area contributed by atoms with E-state index in [0.717, 1.165) is 0 Å². The zero-order valence-electron chi connectivity index (χ0n) is 9.27. The molecule has 1 aliphatic heterocycles. The number of amides is 3.